The number of carbonyl (C=O) groups excluding carboxylic acids is 1. The molecule has 0 aliphatic carbocycles. The number of halogens is 1. The van der Waals surface area contributed by atoms with Crippen LogP contribution in [0.15, 0.2) is 52.3 Å². The highest BCUT2D eigenvalue weighted by atomic mass is 32.2. The molecule has 1 aromatic carbocycles. The molecule has 1 fully saturated rings. The molecule has 1 amide bonds. The summed E-state index contributed by atoms with van der Waals surface area (Å²) in [4.78, 5) is 35.8. The van der Waals surface area contributed by atoms with Crippen LogP contribution in [0.3, 0.4) is 0 Å². The number of aryl methyl sites for hydroxylation is 1. The maximum absolute atomic E-state index is 13.6. The summed E-state index contributed by atoms with van der Waals surface area (Å²) in [5.41, 5.74) is 2.42. The van der Waals surface area contributed by atoms with Gasteiger partial charge in [-0.1, -0.05) is 56.0 Å². The quantitative estimate of drug-likeness (QED) is 0.308. The van der Waals surface area contributed by atoms with E-state index in [9.17, 15) is 14.0 Å². The molecule has 0 spiro atoms. The number of pyridine rings is 1. The van der Waals surface area contributed by atoms with Crippen molar-refractivity contribution < 1.29 is 9.18 Å². The number of nitrogens with zero attached hydrogens (tertiary/aromatic N) is 4. The van der Waals surface area contributed by atoms with Crippen LogP contribution in [0.4, 0.5) is 10.2 Å². The standard InChI is InChI=1S/C26H27FN4O2S2/c1-4-12-29(13-5-2)23-20(24(32)30-14-6-7-17(3)22(30)28-23)15-21-25(33)31(26(34)35-21)16-18-8-10-19(27)11-9-18/h6-11,14-15H,4-5,12-13,16H2,1-3H3. The van der Waals surface area contributed by atoms with E-state index in [-0.39, 0.29) is 23.8 Å². The molecule has 3 heterocycles. The van der Waals surface area contributed by atoms with E-state index in [0.29, 0.717) is 26.3 Å². The van der Waals surface area contributed by atoms with Gasteiger partial charge in [-0.2, -0.15) is 0 Å². The van der Waals surface area contributed by atoms with Crippen molar-refractivity contribution >= 4 is 51.7 Å². The van der Waals surface area contributed by atoms with Crippen molar-refractivity contribution in [2.45, 2.75) is 40.2 Å². The van der Waals surface area contributed by atoms with Crippen molar-refractivity contribution in [2.75, 3.05) is 18.0 Å². The molecule has 4 rings (SSSR count). The van der Waals surface area contributed by atoms with Gasteiger partial charge in [0.1, 0.15) is 21.6 Å². The molecule has 1 saturated heterocycles. The molecular weight excluding hydrogens is 483 g/mol. The maximum atomic E-state index is 13.6. The summed E-state index contributed by atoms with van der Waals surface area (Å²) in [6.07, 6.45) is 5.12. The molecule has 9 heteroatoms. The predicted octanol–water partition coefficient (Wildman–Crippen LogP) is 5.17. The monoisotopic (exact) mass is 510 g/mol. The number of anilines is 1. The summed E-state index contributed by atoms with van der Waals surface area (Å²) >= 11 is 6.64. The van der Waals surface area contributed by atoms with Gasteiger partial charge in [0.25, 0.3) is 11.5 Å². The highest BCUT2D eigenvalue weighted by Crippen LogP contribution is 2.34. The van der Waals surface area contributed by atoms with E-state index in [2.05, 4.69) is 18.7 Å². The van der Waals surface area contributed by atoms with Crippen molar-refractivity contribution in [1.29, 1.82) is 0 Å². The number of fused-ring (bicyclic) bond motifs is 1. The van der Waals surface area contributed by atoms with Crippen LogP contribution in [0.25, 0.3) is 11.7 Å². The second kappa shape index (κ2) is 10.7. The lowest BCUT2D eigenvalue weighted by atomic mass is 10.2. The third-order valence-corrected chi connectivity index (χ3v) is 7.13. The molecule has 0 unspecified atom stereocenters. The van der Waals surface area contributed by atoms with Gasteiger partial charge >= 0.3 is 0 Å². The van der Waals surface area contributed by atoms with Gasteiger partial charge in [-0.05, 0) is 55.2 Å². The van der Waals surface area contributed by atoms with E-state index in [1.807, 2.05) is 19.1 Å². The van der Waals surface area contributed by atoms with Crippen LogP contribution < -0.4 is 10.5 Å². The van der Waals surface area contributed by atoms with Crippen molar-refractivity contribution in [3.8, 4) is 0 Å². The molecule has 0 saturated carbocycles. The molecule has 2 aromatic heterocycles. The first kappa shape index (κ1) is 25.1. The Kier molecular flexibility index (Phi) is 7.66. The normalized spacial score (nSPS) is 15.0. The minimum absolute atomic E-state index is 0.227. The van der Waals surface area contributed by atoms with E-state index in [0.717, 1.165) is 48.8 Å². The van der Waals surface area contributed by atoms with Gasteiger partial charge in [0, 0.05) is 19.3 Å². The summed E-state index contributed by atoms with van der Waals surface area (Å²) in [6, 6.07) is 9.71. The molecule has 0 radical (unpaired) electrons. The Morgan fingerprint density at radius 3 is 2.46 bits per heavy atom. The predicted molar refractivity (Wildman–Crippen MR) is 144 cm³/mol. The van der Waals surface area contributed by atoms with E-state index in [1.165, 1.54) is 21.4 Å². The largest absolute Gasteiger partial charge is 0.356 e. The number of hydrogen-bond donors (Lipinski definition) is 0. The highest BCUT2D eigenvalue weighted by molar-refractivity contribution is 8.26. The zero-order valence-corrected chi connectivity index (χ0v) is 21.6. The maximum Gasteiger partial charge on any atom is 0.267 e. The third-order valence-electron chi connectivity index (χ3n) is 5.75. The molecule has 1 aliphatic rings. The Hall–Kier alpha value is -3.04. The molecule has 0 atom stereocenters. The first-order chi connectivity index (χ1) is 16.8. The van der Waals surface area contributed by atoms with Crippen LogP contribution in [0.1, 0.15) is 43.4 Å². The van der Waals surface area contributed by atoms with Gasteiger partial charge < -0.3 is 4.90 Å². The van der Waals surface area contributed by atoms with Crippen molar-refractivity contribution in [2.24, 2.45) is 0 Å². The SMILES string of the molecule is CCCN(CCC)c1nc2c(C)cccn2c(=O)c1C=C1SC(=S)N(Cc2ccc(F)cc2)C1=O. The lowest BCUT2D eigenvalue weighted by Gasteiger charge is -2.25. The van der Waals surface area contributed by atoms with Crippen LogP contribution in [-0.4, -0.2) is 37.6 Å². The molecule has 0 N–H and O–H groups in total. The van der Waals surface area contributed by atoms with Gasteiger partial charge in [-0.25, -0.2) is 9.37 Å². The minimum Gasteiger partial charge on any atom is -0.356 e. The van der Waals surface area contributed by atoms with E-state index < -0.39 is 0 Å². The van der Waals surface area contributed by atoms with Gasteiger partial charge in [-0.3, -0.25) is 18.9 Å². The number of carbonyl (C=O) groups is 1. The van der Waals surface area contributed by atoms with Crippen LogP contribution >= 0.6 is 24.0 Å². The first-order valence-corrected chi connectivity index (χ1v) is 12.8. The molecule has 3 aromatic rings. The topological polar surface area (TPSA) is 57.9 Å². The van der Waals surface area contributed by atoms with E-state index in [1.54, 1.807) is 24.4 Å². The molecule has 182 valence electrons. The van der Waals surface area contributed by atoms with Crippen LogP contribution in [0.2, 0.25) is 0 Å². The average molecular weight is 511 g/mol. The lowest BCUT2D eigenvalue weighted by molar-refractivity contribution is -0.122. The Balaban J connectivity index is 1.80. The first-order valence-electron chi connectivity index (χ1n) is 11.6. The van der Waals surface area contributed by atoms with E-state index in [4.69, 9.17) is 17.2 Å². The fourth-order valence-electron chi connectivity index (χ4n) is 4.07. The minimum atomic E-state index is -0.338. The van der Waals surface area contributed by atoms with Crippen molar-refractivity contribution in [3.05, 3.63) is 80.4 Å². The van der Waals surface area contributed by atoms with Crippen LogP contribution in [0.5, 0.6) is 0 Å². The number of aromatic nitrogens is 2. The molecule has 35 heavy (non-hydrogen) atoms. The Morgan fingerprint density at radius 1 is 1.11 bits per heavy atom. The van der Waals surface area contributed by atoms with Crippen LogP contribution in [-0.2, 0) is 11.3 Å². The summed E-state index contributed by atoms with van der Waals surface area (Å²) in [7, 11) is 0. The Labute approximate surface area is 213 Å². The van der Waals surface area contributed by atoms with Crippen molar-refractivity contribution in [1.82, 2.24) is 14.3 Å². The van der Waals surface area contributed by atoms with Crippen molar-refractivity contribution in [3.63, 3.8) is 0 Å². The lowest BCUT2D eigenvalue weighted by Crippen LogP contribution is -2.31. The van der Waals surface area contributed by atoms with Crippen LogP contribution in [0, 0.1) is 12.7 Å². The molecule has 0 bridgehead atoms. The molecule has 1 aliphatic heterocycles. The number of rotatable bonds is 8. The smallest absolute Gasteiger partial charge is 0.267 e. The third kappa shape index (κ3) is 5.16. The second-order valence-electron chi connectivity index (χ2n) is 8.42. The molecular formula is C26H27FN4O2S2. The number of thioether (sulfide) groups is 1. The molecule has 6 nitrogen and oxygen atoms in total. The summed E-state index contributed by atoms with van der Waals surface area (Å²) in [5, 5.41) is 0. The Morgan fingerprint density at radius 2 is 1.80 bits per heavy atom. The zero-order chi connectivity index (χ0) is 25.1. The fourth-order valence-corrected chi connectivity index (χ4v) is 5.31. The van der Waals surface area contributed by atoms with Gasteiger partial charge in [0.2, 0.25) is 0 Å². The number of amides is 1. The number of hydrogen-bond acceptors (Lipinski definition) is 6. The highest BCUT2D eigenvalue weighted by Gasteiger charge is 2.33. The summed E-state index contributed by atoms with van der Waals surface area (Å²) < 4.78 is 15.2. The summed E-state index contributed by atoms with van der Waals surface area (Å²) in [5.74, 6) is -0.0341. The Bertz CT molecular complexity index is 1360. The van der Waals surface area contributed by atoms with E-state index >= 15 is 0 Å². The second-order valence-corrected chi connectivity index (χ2v) is 10.1. The summed E-state index contributed by atoms with van der Waals surface area (Å²) in [6.45, 7) is 7.82. The van der Waals surface area contributed by atoms with Gasteiger partial charge in [-0.15, -0.1) is 0 Å². The van der Waals surface area contributed by atoms with Gasteiger partial charge in [0.05, 0.1) is 17.0 Å². The van der Waals surface area contributed by atoms with Gasteiger partial charge in [0.15, 0.2) is 0 Å². The number of benzene rings is 1. The average Bonchev–Trinajstić information content (AvgIpc) is 3.10. The number of thiocarbonyl (C=S) groups is 1. The fraction of sp³-hybridized carbons (Fsp3) is 0.308. The zero-order valence-electron chi connectivity index (χ0n) is 20.0.